The van der Waals surface area contributed by atoms with E-state index >= 15 is 0 Å². The SMILES string of the molecule is CCC(CC)COCCNC(C)C1CCCO1. The van der Waals surface area contributed by atoms with Gasteiger partial charge in [-0.25, -0.2) is 0 Å². The summed E-state index contributed by atoms with van der Waals surface area (Å²) in [6.45, 7) is 10.3. The van der Waals surface area contributed by atoms with Crippen molar-refractivity contribution in [1.29, 1.82) is 0 Å². The third-order valence-corrected chi connectivity index (χ3v) is 3.74. The van der Waals surface area contributed by atoms with Gasteiger partial charge < -0.3 is 14.8 Å². The van der Waals surface area contributed by atoms with Crippen molar-refractivity contribution in [2.75, 3.05) is 26.4 Å². The molecule has 0 aromatic heterocycles. The summed E-state index contributed by atoms with van der Waals surface area (Å²) in [6.07, 6.45) is 5.26. The van der Waals surface area contributed by atoms with Crippen molar-refractivity contribution >= 4 is 0 Å². The van der Waals surface area contributed by atoms with Crippen LogP contribution in [0.4, 0.5) is 0 Å². The molecule has 2 atom stereocenters. The van der Waals surface area contributed by atoms with Crippen molar-refractivity contribution in [2.45, 2.75) is 58.6 Å². The molecule has 1 rings (SSSR count). The summed E-state index contributed by atoms with van der Waals surface area (Å²) >= 11 is 0. The average molecular weight is 243 g/mol. The molecule has 1 N–H and O–H groups in total. The molecule has 0 aromatic carbocycles. The van der Waals surface area contributed by atoms with Crippen LogP contribution in [-0.2, 0) is 9.47 Å². The van der Waals surface area contributed by atoms with Gasteiger partial charge in [0.15, 0.2) is 0 Å². The van der Waals surface area contributed by atoms with E-state index in [1.54, 1.807) is 0 Å². The fourth-order valence-electron chi connectivity index (χ4n) is 2.26. The lowest BCUT2D eigenvalue weighted by Crippen LogP contribution is -2.38. The molecule has 2 unspecified atom stereocenters. The molecule has 3 nitrogen and oxygen atoms in total. The van der Waals surface area contributed by atoms with Crippen molar-refractivity contribution in [3.8, 4) is 0 Å². The molecule has 102 valence electrons. The predicted molar refractivity (Wildman–Crippen MR) is 71.3 cm³/mol. The number of ether oxygens (including phenoxy) is 2. The Morgan fingerprint density at radius 3 is 2.71 bits per heavy atom. The van der Waals surface area contributed by atoms with Crippen LogP contribution in [0.25, 0.3) is 0 Å². The summed E-state index contributed by atoms with van der Waals surface area (Å²) in [5.74, 6) is 0.727. The molecule has 1 fully saturated rings. The average Bonchev–Trinajstić information content (AvgIpc) is 2.87. The van der Waals surface area contributed by atoms with Gasteiger partial charge in [0.2, 0.25) is 0 Å². The van der Waals surface area contributed by atoms with Gasteiger partial charge in [-0.1, -0.05) is 26.7 Å². The van der Waals surface area contributed by atoms with Crippen LogP contribution in [0.15, 0.2) is 0 Å². The Bertz CT molecular complexity index is 177. The van der Waals surface area contributed by atoms with E-state index in [1.807, 2.05) is 0 Å². The Morgan fingerprint density at radius 1 is 1.35 bits per heavy atom. The fourth-order valence-corrected chi connectivity index (χ4v) is 2.26. The number of rotatable bonds is 9. The van der Waals surface area contributed by atoms with Gasteiger partial charge >= 0.3 is 0 Å². The zero-order valence-corrected chi connectivity index (χ0v) is 11.7. The van der Waals surface area contributed by atoms with E-state index in [0.717, 1.165) is 32.3 Å². The molecule has 0 amide bonds. The van der Waals surface area contributed by atoms with Crippen LogP contribution in [0, 0.1) is 5.92 Å². The lowest BCUT2D eigenvalue weighted by molar-refractivity contribution is 0.0706. The molecular formula is C14H29NO2. The van der Waals surface area contributed by atoms with Crippen LogP contribution in [-0.4, -0.2) is 38.5 Å². The Morgan fingerprint density at radius 2 is 2.12 bits per heavy atom. The molecule has 0 aromatic rings. The van der Waals surface area contributed by atoms with Gasteiger partial charge in [-0.05, 0) is 25.7 Å². The Kier molecular flexibility index (Phi) is 7.82. The number of nitrogens with one attached hydrogen (secondary N) is 1. The topological polar surface area (TPSA) is 30.5 Å². The minimum atomic E-state index is 0.411. The summed E-state index contributed by atoms with van der Waals surface area (Å²) < 4.78 is 11.3. The molecule has 17 heavy (non-hydrogen) atoms. The lowest BCUT2D eigenvalue weighted by atomic mass is 10.1. The lowest BCUT2D eigenvalue weighted by Gasteiger charge is -2.20. The Balaban J connectivity index is 1.96. The second-order valence-electron chi connectivity index (χ2n) is 5.05. The van der Waals surface area contributed by atoms with Gasteiger partial charge in [0.1, 0.15) is 0 Å². The van der Waals surface area contributed by atoms with E-state index in [4.69, 9.17) is 9.47 Å². The normalized spacial score (nSPS) is 22.2. The molecule has 1 saturated heterocycles. The maximum atomic E-state index is 5.69. The first-order valence-electron chi connectivity index (χ1n) is 7.20. The maximum absolute atomic E-state index is 5.69. The fraction of sp³-hybridized carbons (Fsp3) is 1.00. The summed E-state index contributed by atoms with van der Waals surface area (Å²) in [7, 11) is 0. The van der Waals surface area contributed by atoms with Crippen molar-refractivity contribution < 1.29 is 9.47 Å². The molecule has 0 radical (unpaired) electrons. The van der Waals surface area contributed by atoms with E-state index < -0.39 is 0 Å². The summed E-state index contributed by atoms with van der Waals surface area (Å²) in [4.78, 5) is 0. The van der Waals surface area contributed by atoms with Gasteiger partial charge in [-0.2, -0.15) is 0 Å². The van der Waals surface area contributed by atoms with E-state index in [1.165, 1.54) is 25.7 Å². The van der Waals surface area contributed by atoms with Crippen LogP contribution >= 0.6 is 0 Å². The van der Waals surface area contributed by atoms with Gasteiger partial charge in [-0.3, -0.25) is 0 Å². The minimum absolute atomic E-state index is 0.411. The smallest absolute Gasteiger partial charge is 0.0726 e. The second-order valence-corrected chi connectivity index (χ2v) is 5.05. The van der Waals surface area contributed by atoms with Crippen molar-refractivity contribution in [3.05, 3.63) is 0 Å². The van der Waals surface area contributed by atoms with E-state index in [9.17, 15) is 0 Å². The van der Waals surface area contributed by atoms with Gasteiger partial charge in [0.05, 0.1) is 12.7 Å². The van der Waals surface area contributed by atoms with Gasteiger partial charge in [-0.15, -0.1) is 0 Å². The molecule has 0 spiro atoms. The van der Waals surface area contributed by atoms with Crippen molar-refractivity contribution in [1.82, 2.24) is 5.32 Å². The molecule has 0 saturated carbocycles. The third kappa shape index (κ3) is 5.84. The quantitative estimate of drug-likeness (QED) is 0.631. The highest BCUT2D eigenvalue weighted by Crippen LogP contribution is 2.15. The Hall–Kier alpha value is -0.120. The van der Waals surface area contributed by atoms with E-state index in [0.29, 0.717) is 12.1 Å². The number of hydrogen-bond donors (Lipinski definition) is 1. The summed E-state index contributed by atoms with van der Waals surface area (Å²) in [5.41, 5.74) is 0. The van der Waals surface area contributed by atoms with Crippen molar-refractivity contribution in [2.24, 2.45) is 5.92 Å². The maximum Gasteiger partial charge on any atom is 0.0726 e. The molecular weight excluding hydrogens is 214 g/mol. The first kappa shape index (κ1) is 14.9. The predicted octanol–water partition coefficient (Wildman–Crippen LogP) is 2.60. The first-order chi connectivity index (χ1) is 8.27. The number of hydrogen-bond acceptors (Lipinski definition) is 3. The first-order valence-corrected chi connectivity index (χ1v) is 7.20. The molecule has 1 aliphatic heterocycles. The monoisotopic (exact) mass is 243 g/mol. The van der Waals surface area contributed by atoms with Crippen molar-refractivity contribution in [3.63, 3.8) is 0 Å². The highest BCUT2D eigenvalue weighted by atomic mass is 16.5. The molecule has 0 bridgehead atoms. The minimum Gasteiger partial charge on any atom is -0.380 e. The highest BCUT2D eigenvalue weighted by Gasteiger charge is 2.21. The van der Waals surface area contributed by atoms with E-state index in [2.05, 4.69) is 26.1 Å². The van der Waals surface area contributed by atoms with Gasteiger partial charge in [0.25, 0.3) is 0 Å². The molecule has 0 aliphatic carbocycles. The standard InChI is InChI=1S/C14H29NO2/c1-4-13(5-2)11-16-10-8-15-12(3)14-7-6-9-17-14/h12-15H,4-11H2,1-3H3. The van der Waals surface area contributed by atoms with Gasteiger partial charge in [0, 0.05) is 25.8 Å². The van der Waals surface area contributed by atoms with Crippen LogP contribution in [0.1, 0.15) is 46.5 Å². The van der Waals surface area contributed by atoms with Crippen LogP contribution in [0.3, 0.4) is 0 Å². The van der Waals surface area contributed by atoms with Crippen LogP contribution < -0.4 is 5.32 Å². The zero-order valence-electron chi connectivity index (χ0n) is 11.7. The molecule has 3 heteroatoms. The summed E-state index contributed by atoms with van der Waals surface area (Å²) in [5, 5.41) is 3.48. The summed E-state index contributed by atoms with van der Waals surface area (Å²) in [6, 6.07) is 0.453. The van der Waals surface area contributed by atoms with E-state index in [-0.39, 0.29) is 0 Å². The van der Waals surface area contributed by atoms with Crippen LogP contribution in [0.2, 0.25) is 0 Å². The second kappa shape index (κ2) is 8.90. The largest absolute Gasteiger partial charge is 0.380 e. The molecule has 1 aliphatic rings. The zero-order chi connectivity index (χ0) is 12.5. The molecule has 1 heterocycles. The Labute approximate surface area is 106 Å². The third-order valence-electron chi connectivity index (χ3n) is 3.74. The highest BCUT2D eigenvalue weighted by molar-refractivity contribution is 4.76. The van der Waals surface area contributed by atoms with Crippen LogP contribution in [0.5, 0.6) is 0 Å².